The number of nitrogens with zero attached hydrogens (tertiary/aromatic N) is 2. The van der Waals surface area contributed by atoms with Crippen LogP contribution in [-0.2, 0) is 14.8 Å². The number of rotatable bonds is 8. The van der Waals surface area contributed by atoms with Crippen LogP contribution in [0, 0.1) is 0 Å². The van der Waals surface area contributed by atoms with Crippen LogP contribution in [0.5, 0.6) is 0 Å². The molecule has 0 aliphatic carbocycles. The Morgan fingerprint density at radius 3 is 2.50 bits per heavy atom. The summed E-state index contributed by atoms with van der Waals surface area (Å²) in [5, 5.41) is 2.65. The molecule has 10 heteroatoms. The second-order valence-corrected chi connectivity index (χ2v) is 5.65. The van der Waals surface area contributed by atoms with E-state index in [2.05, 4.69) is 25.4 Å². The van der Waals surface area contributed by atoms with Crippen molar-refractivity contribution < 1.29 is 13.2 Å². The quantitative estimate of drug-likeness (QED) is 0.355. The van der Waals surface area contributed by atoms with Crippen molar-refractivity contribution in [1.29, 1.82) is 0 Å². The zero-order chi connectivity index (χ0) is 15.0. The first-order chi connectivity index (χ1) is 9.49. The molecular weight excluding hydrogens is 284 g/mol. The molecule has 0 saturated heterocycles. The van der Waals surface area contributed by atoms with Crippen molar-refractivity contribution in [3.63, 3.8) is 0 Å². The van der Waals surface area contributed by atoms with Crippen LogP contribution in [-0.4, -0.2) is 37.4 Å². The summed E-state index contributed by atoms with van der Waals surface area (Å²) in [7, 11) is -3.73. The molecular formula is C10H18N6O3S. The SMILES string of the molecule is CCCNC(=O)CCNS(=O)(=O)c1cnc(NN)nc1. The first kappa shape index (κ1) is 16.3. The lowest BCUT2D eigenvalue weighted by Gasteiger charge is -2.07. The van der Waals surface area contributed by atoms with E-state index in [9.17, 15) is 13.2 Å². The Balaban J connectivity index is 2.50. The molecule has 1 aromatic heterocycles. The Morgan fingerprint density at radius 2 is 1.95 bits per heavy atom. The fourth-order valence-corrected chi connectivity index (χ4v) is 2.18. The molecule has 20 heavy (non-hydrogen) atoms. The fraction of sp³-hybridized carbons (Fsp3) is 0.500. The standard InChI is InChI=1S/C10H18N6O3S/c1-2-4-12-9(17)3-5-15-20(18,19)8-6-13-10(16-11)14-7-8/h6-7,15H,2-5,11H2,1H3,(H,12,17)(H,13,14,16). The maximum atomic E-state index is 11.9. The van der Waals surface area contributed by atoms with E-state index in [0.717, 1.165) is 18.8 Å². The van der Waals surface area contributed by atoms with E-state index in [4.69, 9.17) is 5.84 Å². The molecule has 1 rings (SSSR count). The molecule has 1 heterocycles. The molecule has 0 saturated carbocycles. The number of anilines is 1. The molecule has 0 radical (unpaired) electrons. The van der Waals surface area contributed by atoms with Crippen molar-refractivity contribution in [3.05, 3.63) is 12.4 Å². The first-order valence-electron chi connectivity index (χ1n) is 6.04. The summed E-state index contributed by atoms with van der Waals surface area (Å²) in [4.78, 5) is 18.6. The highest BCUT2D eigenvalue weighted by atomic mass is 32.2. The largest absolute Gasteiger partial charge is 0.356 e. The van der Waals surface area contributed by atoms with Crippen molar-refractivity contribution in [2.75, 3.05) is 18.5 Å². The number of nitrogens with one attached hydrogen (secondary N) is 3. The molecule has 0 spiro atoms. The van der Waals surface area contributed by atoms with Gasteiger partial charge in [-0.1, -0.05) is 6.92 Å². The summed E-state index contributed by atoms with van der Waals surface area (Å²) in [6, 6.07) is 0. The molecule has 9 nitrogen and oxygen atoms in total. The number of sulfonamides is 1. The zero-order valence-electron chi connectivity index (χ0n) is 11.1. The Labute approximate surface area is 117 Å². The van der Waals surface area contributed by atoms with E-state index < -0.39 is 10.0 Å². The second-order valence-electron chi connectivity index (χ2n) is 3.88. The molecule has 0 aromatic carbocycles. The van der Waals surface area contributed by atoms with Crippen LogP contribution in [0.1, 0.15) is 19.8 Å². The lowest BCUT2D eigenvalue weighted by atomic mass is 10.4. The lowest BCUT2D eigenvalue weighted by Crippen LogP contribution is -2.31. The van der Waals surface area contributed by atoms with E-state index in [1.807, 2.05) is 6.92 Å². The first-order valence-corrected chi connectivity index (χ1v) is 7.53. The maximum absolute atomic E-state index is 11.9. The third kappa shape index (κ3) is 5.07. The number of nitrogens with two attached hydrogens (primary N) is 1. The molecule has 1 amide bonds. The van der Waals surface area contributed by atoms with Gasteiger partial charge in [0.15, 0.2) is 0 Å². The molecule has 5 N–H and O–H groups in total. The van der Waals surface area contributed by atoms with Crippen LogP contribution in [0.4, 0.5) is 5.95 Å². The second kappa shape index (κ2) is 7.72. The molecule has 0 fully saturated rings. The Kier molecular flexibility index (Phi) is 6.28. The van der Waals surface area contributed by atoms with E-state index in [1.165, 1.54) is 0 Å². The third-order valence-corrected chi connectivity index (χ3v) is 3.70. The van der Waals surface area contributed by atoms with Crippen molar-refractivity contribution in [2.45, 2.75) is 24.7 Å². The number of hydrogen-bond donors (Lipinski definition) is 4. The van der Waals surface area contributed by atoms with Gasteiger partial charge in [0.2, 0.25) is 21.9 Å². The average Bonchev–Trinajstić information content (AvgIpc) is 2.45. The maximum Gasteiger partial charge on any atom is 0.243 e. The van der Waals surface area contributed by atoms with Gasteiger partial charge in [-0.2, -0.15) is 0 Å². The molecule has 0 atom stereocenters. The molecule has 0 aliphatic rings. The number of carbonyl (C=O) groups is 1. The zero-order valence-corrected chi connectivity index (χ0v) is 11.9. The van der Waals surface area contributed by atoms with Gasteiger partial charge < -0.3 is 5.32 Å². The number of aromatic nitrogens is 2. The summed E-state index contributed by atoms with van der Waals surface area (Å²) in [5.41, 5.74) is 2.19. The van der Waals surface area contributed by atoms with Crippen LogP contribution in [0.2, 0.25) is 0 Å². The minimum atomic E-state index is -3.73. The van der Waals surface area contributed by atoms with Gasteiger partial charge in [-0.05, 0) is 6.42 Å². The summed E-state index contributed by atoms with van der Waals surface area (Å²) in [5.74, 6) is 4.99. The van der Waals surface area contributed by atoms with Gasteiger partial charge in [-0.25, -0.2) is 29.0 Å². The smallest absolute Gasteiger partial charge is 0.243 e. The Morgan fingerprint density at radius 1 is 1.30 bits per heavy atom. The molecule has 112 valence electrons. The predicted molar refractivity (Wildman–Crippen MR) is 72.9 cm³/mol. The summed E-state index contributed by atoms with van der Waals surface area (Å²) >= 11 is 0. The Bertz CT molecular complexity index is 530. The predicted octanol–water partition coefficient (Wildman–Crippen LogP) is -1.04. The van der Waals surface area contributed by atoms with E-state index >= 15 is 0 Å². The molecule has 0 aliphatic heterocycles. The Hall–Kier alpha value is -1.78. The van der Waals surface area contributed by atoms with Crippen LogP contribution >= 0.6 is 0 Å². The summed E-state index contributed by atoms with van der Waals surface area (Å²) in [6.45, 7) is 2.52. The average molecular weight is 302 g/mol. The highest BCUT2D eigenvalue weighted by Gasteiger charge is 2.15. The molecule has 0 unspecified atom stereocenters. The van der Waals surface area contributed by atoms with E-state index in [1.54, 1.807) is 0 Å². The van der Waals surface area contributed by atoms with E-state index in [0.29, 0.717) is 6.54 Å². The topological polar surface area (TPSA) is 139 Å². The van der Waals surface area contributed by atoms with Crippen molar-refractivity contribution >= 4 is 21.9 Å². The normalized spacial score (nSPS) is 11.1. The van der Waals surface area contributed by atoms with Crippen molar-refractivity contribution in [1.82, 2.24) is 20.0 Å². The summed E-state index contributed by atoms with van der Waals surface area (Å²) in [6.07, 6.45) is 3.15. The van der Waals surface area contributed by atoms with Gasteiger partial charge in [0.05, 0.1) is 12.4 Å². The van der Waals surface area contributed by atoms with Crippen LogP contribution in [0.15, 0.2) is 17.3 Å². The minimum absolute atomic E-state index is 0.00870. The number of nitrogen functional groups attached to an aromatic ring is 1. The number of hydrazine groups is 1. The van der Waals surface area contributed by atoms with Gasteiger partial charge in [-0.15, -0.1) is 0 Å². The van der Waals surface area contributed by atoms with Crippen molar-refractivity contribution in [2.24, 2.45) is 5.84 Å². The van der Waals surface area contributed by atoms with Crippen LogP contribution in [0.3, 0.4) is 0 Å². The summed E-state index contributed by atoms with van der Waals surface area (Å²) < 4.78 is 26.0. The van der Waals surface area contributed by atoms with E-state index in [-0.39, 0.29) is 29.7 Å². The van der Waals surface area contributed by atoms with Gasteiger partial charge in [-0.3, -0.25) is 10.2 Å². The van der Waals surface area contributed by atoms with Crippen LogP contribution < -0.4 is 21.3 Å². The number of amides is 1. The van der Waals surface area contributed by atoms with Gasteiger partial charge in [0, 0.05) is 19.5 Å². The third-order valence-electron chi connectivity index (χ3n) is 2.28. The van der Waals surface area contributed by atoms with Gasteiger partial charge >= 0.3 is 0 Å². The van der Waals surface area contributed by atoms with Crippen molar-refractivity contribution in [3.8, 4) is 0 Å². The number of hydrogen-bond acceptors (Lipinski definition) is 7. The number of carbonyl (C=O) groups excluding carboxylic acids is 1. The minimum Gasteiger partial charge on any atom is -0.356 e. The fourth-order valence-electron chi connectivity index (χ4n) is 1.26. The lowest BCUT2D eigenvalue weighted by molar-refractivity contribution is -0.120. The highest BCUT2D eigenvalue weighted by Crippen LogP contribution is 2.06. The van der Waals surface area contributed by atoms with Crippen LogP contribution in [0.25, 0.3) is 0 Å². The molecule has 1 aromatic rings. The highest BCUT2D eigenvalue weighted by molar-refractivity contribution is 7.89. The monoisotopic (exact) mass is 302 g/mol. The van der Waals surface area contributed by atoms with Gasteiger partial charge in [0.25, 0.3) is 0 Å². The molecule has 0 bridgehead atoms. The van der Waals surface area contributed by atoms with Gasteiger partial charge in [0.1, 0.15) is 4.90 Å².